The average molecular weight is 381 g/mol. The zero-order valence-electron chi connectivity index (χ0n) is 15.1. The molecule has 0 saturated carbocycles. The number of nitrogens with one attached hydrogen (secondary N) is 3. The van der Waals surface area contributed by atoms with Crippen LogP contribution >= 0.6 is 0 Å². The molecule has 146 valence electrons. The minimum atomic E-state index is -0.784. The maximum atomic E-state index is 14.9. The first kappa shape index (κ1) is 19.4. The number of hydrogen-bond donors (Lipinski definition) is 3. The van der Waals surface area contributed by atoms with Crippen molar-refractivity contribution in [1.29, 1.82) is 0 Å². The Morgan fingerprint density at radius 2 is 2.07 bits per heavy atom. The van der Waals surface area contributed by atoms with E-state index in [1.807, 2.05) is 6.92 Å². The summed E-state index contributed by atoms with van der Waals surface area (Å²) < 4.78 is 41.8. The van der Waals surface area contributed by atoms with Gasteiger partial charge in [-0.1, -0.05) is 6.07 Å². The molecule has 1 aromatic carbocycles. The summed E-state index contributed by atoms with van der Waals surface area (Å²) in [6, 6.07) is 1.86. The molecule has 8 heteroatoms. The molecule has 3 rings (SSSR count). The van der Waals surface area contributed by atoms with E-state index >= 15 is 0 Å². The minimum absolute atomic E-state index is 0.109. The Labute approximate surface area is 155 Å². The third-order valence-electron chi connectivity index (χ3n) is 5.21. The van der Waals surface area contributed by atoms with Crippen LogP contribution in [-0.2, 0) is 9.59 Å². The molecule has 27 heavy (non-hydrogen) atoms. The molecule has 1 aromatic rings. The fourth-order valence-corrected chi connectivity index (χ4v) is 3.79. The summed E-state index contributed by atoms with van der Waals surface area (Å²) in [5.41, 5.74) is -0.0893. The second kappa shape index (κ2) is 7.72. The number of halogens is 3. The van der Waals surface area contributed by atoms with Crippen molar-refractivity contribution in [1.82, 2.24) is 16.0 Å². The maximum Gasteiger partial charge on any atom is 0.250 e. The molecule has 5 nitrogen and oxygen atoms in total. The highest BCUT2D eigenvalue weighted by atomic mass is 19.1. The van der Waals surface area contributed by atoms with Crippen LogP contribution in [0.1, 0.15) is 38.3 Å². The number of fused-ring (bicyclic) bond motifs is 1. The highest BCUT2D eigenvalue weighted by Gasteiger charge is 2.41. The molecule has 2 heterocycles. The van der Waals surface area contributed by atoms with Gasteiger partial charge in [0.05, 0.1) is 18.0 Å². The molecule has 0 radical (unpaired) electrons. The van der Waals surface area contributed by atoms with E-state index in [9.17, 15) is 22.8 Å². The van der Waals surface area contributed by atoms with E-state index in [-0.39, 0.29) is 23.2 Å². The molecule has 0 aliphatic carbocycles. The van der Waals surface area contributed by atoms with Crippen molar-refractivity contribution >= 4 is 11.8 Å². The van der Waals surface area contributed by atoms with Gasteiger partial charge in [0.25, 0.3) is 5.91 Å². The monoisotopic (exact) mass is 381 g/mol. The molecule has 1 fully saturated rings. The molecule has 4 atom stereocenters. The summed E-state index contributed by atoms with van der Waals surface area (Å²) in [5.74, 6) is -3.77. The lowest BCUT2D eigenvalue weighted by atomic mass is 9.81. The quantitative estimate of drug-likeness (QED) is 0.749. The first-order valence-electron chi connectivity index (χ1n) is 8.95. The second-order valence-electron chi connectivity index (χ2n) is 7.10. The Bertz CT molecular complexity index is 796. The molecular formula is C19H22F3N3O2. The number of hydrogen-bond acceptors (Lipinski definition) is 3. The highest BCUT2D eigenvalue weighted by molar-refractivity contribution is 6.00. The van der Waals surface area contributed by atoms with Gasteiger partial charge in [0.15, 0.2) is 0 Å². The van der Waals surface area contributed by atoms with Crippen molar-refractivity contribution in [2.75, 3.05) is 6.54 Å². The topological polar surface area (TPSA) is 70.2 Å². The van der Waals surface area contributed by atoms with Crippen LogP contribution in [0, 0.1) is 17.6 Å². The van der Waals surface area contributed by atoms with Gasteiger partial charge >= 0.3 is 0 Å². The predicted molar refractivity (Wildman–Crippen MR) is 93.2 cm³/mol. The standard InChI is InChI=1S/C19H22F3N3O2/c1-9(12-4-3-11(20)7-14(12)21)24-16(26)8-13-18(22)17-10(2)23-6-5-15(17)25-19(13)27/h3-4,7,9-10,15,17,23H,5-6,8H2,1-2H3,(H,24,26)(H,25,27)/t9-,10?,15?,17?/m0/s1. The fourth-order valence-electron chi connectivity index (χ4n) is 3.79. The van der Waals surface area contributed by atoms with Crippen LogP contribution in [0.4, 0.5) is 13.2 Å². The van der Waals surface area contributed by atoms with Gasteiger partial charge in [-0.3, -0.25) is 9.59 Å². The zero-order chi connectivity index (χ0) is 19.7. The van der Waals surface area contributed by atoms with E-state index in [4.69, 9.17) is 0 Å². The van der Waals surface area contributed by atoms with E-state index in [0.29, 0.717) is 13.0 Å². The SMILES string of the molecule is CC1NCCC2NC(=O)C(CC(=O)N[C@@H](C)c3ccc(F)cc3F)=C(F)C12. The van der Waals surface area contributed by atoms with Crippen molar-refractivity contribution in [2.24, 2.45) is 5.92 Å². The largest absolute Gasteiger partial charge is 0.349 e. The normalized spacial score (nSPS) is 26.3. The summed E-state index contributed by atoms with van der Waals surface area (Å²) in [7, 11) is 0. The molecule has 3 N–H and O–H groups in total. The van der Waals surface area contributed by atoms with Gasteiger partial charge in [0.2, 0.25) is 5.91 Å². The lowest BCUT2D eigenvalue weighted by Gasteiger charge is -2.40. The van der Waals surface area contributed by atoms with Crippen molar-refractivity contribution < 1.29 is 22.8 Å². The van der Waals surface area contributed by atoms with E-state index in [1.54, 1.807) is 0 Å². The number of amides is 2. The highest BCUT2D eigenvalue weighted by Crippen LogP contribution is 2.33. The van der Waals surface area contributed by atoms with Crippen molar-refractivity contribution in [2.45, 2.75) is 44.8 Å². The Balaban J connectivity index is 1.72. The van der Waals surface area contributed by atoms with Crippen molar-refractivity contribution in [3.63, 3.8) is 0 Å². The summed E-state index contributed by atoms with van der Waals surface area (Å²) >= 11 is 0. The van der Waals surface area contributed by atoms with Gasteiger partial charge in [-0.25, -0.2) is 13.2 Å². The number of carbonyl (C=O) groups excluding carboxylic acids is 2. The second-order valence-corrected chi connectivity index (χ2v) is 7.10. The fraction of sp³-hybridized carbons (Fsp3) is 0.474. The van der Waals surface area contributed by atoms with Gasteiger partial charge in [-0.2, -0.15) is 0 Å². The van der Waals surface area contributed by atoms with Crippen molar-refractivity contribution in [3.05, 3.63) is 46.8 Å². The summed E-state index contributed by atoms with van der Waals surface area (Å²) in [4.78, 5) is 24.5. The van der Waals surface area contributed by atoms with Gasteiger partial charge in [0, 0.05) is 29.6 Å². The Kier molecular flexibility index (Phi) is 5.55. The van der Waals surface area contributed by atoms with Gasteiger partial charge in [-0.05, 0) is 32.9 Å². The smallest absolute Gasteiger partial charge is 0.250 e. The number of piperidine rings is 1. The average Bonchev–Trinajstić information content (AvgIpc) is 2.58. The van der Waals surface area contributed by atoms with Gasteiger partial charge in [0.1, 0.15) is 17.5 Å². The number of carbonyl (C=O) groups is 2. The molecule has 3 unspecified atom stereocenters. The Hall–Kier alpha value is -2.35. The zero-order valence-corrected chi connectivity index (χ0v) is 15.1. The van der Waals surface area contributed by atoms with Crippen LogP contribution in [0.3, 0.4) is 0 Å². The lowest BCUT2D eigenvalue weighted by Crippen LogP contribution is -2.57. The van der Waals surface area contributed by atoms with Crippen LogP contribution in [-0.4, -0.2) is 30.4 Å². The van der Waals surface area contributed by atoms with Gasteiger partial charge < -0.3 is 16.0 Å². The lowest BCUT2D eigenvalue weighted by molar-refractivity contribution is -0.125. The summed E-state index contributed by atoms with van der Waals surface area (Å²) in [6.07, 6.45) is 0.176. The molecule has 0 bridgehead atoms. The van der Waals surface area contributed by atoms with Crippen LogP contribution in [0.25, 0.3) is 0 Å². The van der Waals surface area contributed by atoms with E-state index in [1.165, 1.54) is 13.0 Å². The number of rotatable bonds is 4. The summed E-state index contributed by atoms with van der Waals surface area (Å²) in [5, 5.41) is 8.47. The van der Waals surface area contributed by atoms with Gasteiger partial charge in [-0.15, -0.1) is 0 Å². The van der Waals surface area contributed by atoms with Crippen LogP contribution < -0.4 is 16.0 Å². The van der Waals surface area contributed by atoms with E-state index in [2.05, 4.69) is 16.0 Å². The third-order valence-corrected chi connectivity index (χ3v) is 5.21. The van der Waals surface area contributed by atoms with Crippen LogP contribution in [0.5, 0.6) is 0 Å². The number of benzene rings is 1. The molecule has 2 amide bonds. The molecule has 0 spiro atoms. The predicted octanol–water partition coefficient (Wildman–Crippen LogP) is 2.25. The van der Waals surface area contributed by atoms with E-state index in [0.717, 1.165) is 12.1 Å². The first-order chi connectivity index (χ1) is 12.8. The molecule has 1 saturated heterocycles. The van der Waals surface area contributed by atoms with Crippen molar-refractivity contribution in [3.8, 4) is 0 Å². The molecular weight excluding hydrogens is 359 g/mol. The molecule has 2 aliphatic rings. The molecule has 0 aromatic heterocycles. The third kappa shape index (κ3) is 4.00. The van der Waals surface area contributed by atoms with Crippen LogP contribution in [0.2, 0.25) is 0 Å². The minimum Gasteiger partial charge on any atom is -0.349 e. The molecule has 2 aliphatic heterocycles. The first-order valence-corrected chi connectivity index (χ1v) is 8.95. The van der Waals surface area contributed by atoms with Crippen LogP contribution in [0.15, 0.2) is 29.6 Å². The Morgan fingerprint density at radius 1 is 1.33 bits per heavy atom. The summed E-state index contributed by atoms with van der Waals surface area (Å²) in [6.45, 7) is 4.06. The van der Waals surface area contributed by atoms with E-state index < -0.39 is 47.7 Å². The maximum absolute atomic E-state index is 14.9. The Morgan fingerprint density at radius 3 is 2.78 bits per heavy atom.